The van der Waals surface area contributed by atoms with E-state index in [1.807, 2.05) is 0 Å². The minimum absolute atomic E-state index is 0.0326. The number of allylic oxidation sites excluding steroid dienone is 2. The number of halogens is 3. The van der Waals surface area contributed by atoms with Gasteiger partial charge in [-0.15, -0.1) is 0 Å². The third kappa shape index (κ3) is 3.36. The monoisotopic (exact) mass is 368 g/mol. The average molecular weight is 369 g/mol. The third-order valence-electron chi connectivity index (χ3n) is 3.80. The van der Waals surface area contributed by atoms with Crippen molar-refractivity contribution in [3.05, 3.63) is 68.4 Å². The average Bonchev–Trinajstić information content (AvgIpc) is 2.59. The molecule has 0 aliphatic carbocycles. The van der Waals surface area contributed by atoms with Gasteiger partial charge >= 0.3 is 5.97 Å². The first kappa shape index (κ1) is 18.9. The number of benzene rings is 1. The molecule has 0 aromatic heterocycles. The van der Waals surface area contributed by atoms with Crippen molar-refractivity contribution in [3.8, 4) is 0 Å². The van der Waals surface area contributed by atoms with Crippen molar-refractivity contribution >= 4 is 17.6 Å². The van der Waals surface area contributed by atoms with Gasteiger partial charge < -0.3 is 14.8 Å². The summed E-state index contributed by atoms with van der Waals surface area (Å²) in [7, 11) is 2.62. The number of carbonyl (C=O) groups excluding carboxylic acids is 1. The van der Waals surface area contributed by atoms with Crippen LogP contribution in [-0.4, -0.2) is 26.8 Å². The summed E-state index contributed by atoms with van der Waals surface area (Å²) in [6, 6.07) is 2.16. The number of carbonyl (C=O) groups is 1. The second-order valence-corrected chi connectivity index (χ2v) is 5.64. The lowest BCUT2D eigenvalue weighted by Gasteiger charge is -2.29. The molecule has 8 heteroatoms. The molecule has 5 nitrogen and oxygen atoms in total. The van der Waals surface area contributed by atoms with Crippen LogP contribution in [-0.2, 0) is 14.3 Å². The number of ether oxygens (including phenoxy) is 2. The van der Waals surface area contributed by atoms with E-state index in [1.54, 1.807) is 6.92 Å². The standard InChI is InChI=1S/C17H15ClF2N2O3/c1-8-16(21-2)12(9-5-6-10(19)15(20)14(9)18)13(17(23)25-4)11(22-8)7-24-3/h5-6,12,22H,7H2,1,3-4H3. The van der Waals surface area contributed by atoms with Crippen LogP contribution < -0.4 is 5.32 Å². The summed E-state index contributed by atoms with van der Waals surface area (Å²) in [4.78, 5) is 15.8. The van der Waals surface area contributed by atoms with Crippen molar-refractivity contribution < 1.29 is 23.0 Å². The number of hydrogen-bond donors (Lipinski definition) is 1. The summed E-state index contributed by atoms with van der Waals surface area (Å²) in [5.41, 5.74) is 1.12. The quantitative estimate of drug-likeness (QED) is 0.502. The van der Waals surface area contributed by atoms with Crippen LogP contribution in [0, 0.1) is 18.2 Å². The molecule has 132 valence electrons. The summed E-state index contributed by atoms with van der Waals surface area (Å²) in [5, 5.41) is 2.45. The van der Waals surface area contributed by atoms with E-state index in [2.05, 4.69) is 10.2 Å². The zero-order valence-corrected chi connectivity index (χ0v) is 14.5. The molecule has 1 heterocycles. The second kappa shape index (κ2) is 7.64. The van der Waals surface area contributed by atoms with Crippen molar-refractivity contribution in [2.24, 2.45) is 0 Å². The van der Waals surface area contributed by atoms with Crippen LogP contribution in [0.1, 0.15) is 18.4 Å². The molecular weight excluding hydrogens is 354 g/mol. The fourth-order valence-corrected chi connectivity index (χ4v) is 2.97. The van der Waals surface area contributed by atoms with Gasteiger partial charge in [-0.3, -0.25) is 0 Å². The highest BCUT2D eigenvalue weighted by atomic mass is 35.5. The van der Waals surface area contributed by atoms with Crippen molar-refractivity contribution in [1.29, 1.82) is 0 Å². The van der Waals surface area contributed by atoms with Gasteiger partial charge in [-0.25, -0.2) is 18.4 Å². The predicted octanol–water partition coefficient (Wildman–Crippen LogP) is 3.53. The molecule has 1 aromatic rings. The van der Waals surface area contributed by atoms with Gasteiger partial charge in [0.05, 0.1) is 42.5 Å². The first-order valence-electron chi connectivity index (χ1n) is 7.16. The Labute approximate surface area is 148 Å². The van der Waals surface area contributed by atoms with Crippen LogP contribution >= 0.6 is 11.6 Å². The number of nitrogens with zero attached hydrogens (tertiary/aromatic N) is 1. The minimum atomic E-state index is -1.24. The van der Waals surface area contributed by atoms with Gasteiger partial charge in [-0.05, 0) is 18.6 Å². The highest BCUT2D eigenvalue weighted by Gasteiger charge is 2.37. The highest BCUT2D eigenvalue weighted by molar-refractivity contribution is 6.31. The van der Waals surface area contributed by atoms with Crippen molar-refractivity contribution in [2.45, 2.75) is 12.8 Å². The Hall–Kier alpha value is -2.43. The van der Waals surface area contributed by atoms with Gasteiger partial charge in [-0.1, -0.05) is 17.7 Å². The van der Waals surface area contributed by atoms with Crippen LogP contribution in [0.2, 0.25) is 5.02 Å². The van der Waals surface area contributed by atoms with E-state index in [-0.39, 0.29) is 23.4 Å². The zero-order chi connectivity index (χ0) is 18.7. The van der Waals surface area contributed by atoms with Gasteiger partial charge in [0.25, 0.3) is 0 Å². The number of methoxy groups -OCH3 is 2. The maximum Gasteiger partial charge on any atom is 0.335 e. The minimum Gasteiger partial charge on any atom is -0.466 e. The topological polar surface area (TPSA) is 51.9 Å². The number of rotatable bonds is 4. The molecule has 1 unspecified atom stereocenters. The summed E-state index contributed by atoms with van der Waals surface area (Å²) in [6.07, 6.45) is 0. The van der Waals surface area contributed by atoms with Crippen LogP contribution in [0.15, 0.2) is 34.8 Å². The Kier molecular flexibility index (Phi) is 5.77. The molecule has 1 N–H and O–H groups in total. The Balaban J connectivity index is 2.79. The molecule has 0 saturated carbocycles. The van der Waals surface area contributed by atoms with Crippen molar-refractivity contribution in [2.75, 3.05) is 20.8 Å². The van der Waals surface area contributed by atoms with Gasteiger partial charge in [0.2, 0.25) is 0 Å². The normalized spacial score (nSPS) is 17.2. The van der Waals surface area contributed by atoms with Gasteiger partial charge in [0, 0.05) is 12.8 Å². The molecule has 1 aromatic carbocycles. The van der Waals surface area contributed by atoms with Crippen LogP contribution in [0.4, 0.5) is 8.78 Å². The lowest BCUT2D eigenvalue weighted by Crippen LogP contribution is -2.31. The number of hydrogen-bond acceptors (Lipinski definition) is 4. The summed E-state index contributed by atoms with van der Waals surface area (Å²) in [6.45, 7) is 9.11. The largest absolute Gasteiger partial charge is 0.466 e. The van der Waals surface area contributed by atoms with E-state index in [9.17, 15) is 13.6 Å². The highest BCUT2D eigenvalue weighted by Crippen LogP contribution is 2.42. The molecule has 2 rings (SSSR count). The molecule has 1 aliphatic rings. The molecule has 0 radical (unpaired) electrons. The first-order valence-corrected chi connectivity index (χ1v) is 7.54. The Morgan fingerprint density at radius 2 is 2.08 bits per heavy atom. The van der Waals surface area contributed by atoms with Gasteiger partial charge in [-0.2, -0.15) is 0 Å². The molecule has 0 fully saturated rings. The maximum atomic E-state index is 14.0. The lowest BCUT2D eigenvalue weighted by atomic mass is 9.84. The van der Waals surface area contributed by atoms with E-state index in [0.717, 1.165) is 6.07 Å². The van der Waals surface area contributed by atoms with Crippen LogP contribution in [0.3, 0.4) is 0 Å². The number of dihydropyridines is 1. The fourth-order valence-electron chi connectivity index (χ4n) is 2.71. The third-order valence-corrected chi connectivity index (χ3v) is 4.18. The molecule has 0 bridgehead atoms. The van der Waals surface area contributed by atoms with Crippen molar-refractivity contribution in [3.63, 3.8) is 0 Å². The van der Waals surface area contributed by atoms with E-state index in [4.69, 9.17) is 27.6 Å². The van der Waals surface area contributed by atoms with Crippen molar-refractivity contribution in [1.82, 2.24) is 5.32 Å². The van der Waals surface area contributed by atoms with E-state index in [1.165, 1.54) is 20.3 Å². The molecule has 1 aliphatic heterocycles. The molecular formula is C17H15ClF2N2O3. The molecule has 0 spiro atoms. The number of esters is 1. The smallest absolute Gasteiger partial charge is 0.335 e. The summed E-state index contributed by atoms with van der Waals surface area (Å²) in [5.74, 6) is -4.08. The lowest BCUT2D eigenvalue weighted by molar-refractivity contribution is -0.136. The molecule has 0 amide bonds. The van der Waals surface area contributed by atoms with E-state index in [0.29, 0.717) is 11.4 Å². The predicted molar refractivity (Wildman–Crippen MR) is 87.5 cm³/mol. The fraction of sp³-hybridized carbons (Fsp3) is 0.294. The van der Waals surface area contributed by atoms with E-state index >= 15 is 0 Å². The SMILES string of the molecule is [C-]#[N+]C1=C(C)NC(COC)=C(C(=O)OC)C1c1ccc(F)c(F)c1Cl. The summed E-state index contributed by atoms with van der Waals surface area (Å²) >= 11 is 5.97. The molecule has 0 saturated heterocycles. The number of nitrogens with one attached hydrogen (secondary N) is 1. The van der Waals surface area contributed by atoms with Gasteiger partial charge in [0.15, 0.2) is 17.3 Å². The van der Waals surface area contributed by atoms with Gasteiger partial charge in [0.1, 0.15) is 0 Å². The maximum absolute atomic E-state index is 14.0. The van der Waals surface area contributed by atoms with Crippen LogP contribution in [0.25, 0.3) is 4.85 Å². The van der Waals surface area contributed by atoms with Crippen LogP contribution in [0.5, 0.6) is 0 Å². The summed E-state index contributed by atoms with van der Waals surface area (Å²) < 4.78 is 37.3. The Morgan fingerprint density at radius 3 is 2.64 bits per heavy atom. The first-order chi connectivity index (χ1) is 11.9. The second-order valence-electron chi connectivity index (χ2n) is 5.26. The Bertz CT molecular complexity index is 828. The zero-order valence-electron chi connectivity index (χ0n) is 13.7. The van der Waals surface area contributed by atoms with E-state index < -0.39 is 28.5 Å². The molecule has 25 heavy (non-hydrogen) atoms. The Morgan fingerprint density at radius 1 is 1.40 bits per heavy atom. The molecule has 1 atom stereocenters.